The lowest BCUT2D eigenvalue weighted by Crippen LogP contribution is -2.00. The Morgan fingerprint density at radius 1 is 1.26 bits per heavy atom. The Kier molecular flexibility index (Phi) is 2.46. The Morgan fingerprint density at radius 3 is 2.68 bits per heavy atom. The number of nitrogens with zero attached hydrogens (tertiary/aromatic N) is 2. The van der Waals surface area contributed by atoms with E-state index < -0.39 is 0 Å². The normalized spacial score (nSPS) is 15.5. The molecule has 1 aliphatic rings. The molecule has 0 saturated heterocycles. The van der Waals surface area contributed by atoms with Crippen LogP contribution in [-0.2, 0) is 6.42 Å². The lowest BCUT2D eigenvalue weighted by molar-refractivity contribution is 0.856. The van der Waals surface area contributed by atoms with Gasteiger partial charge < -0.3 is 0 Å². The molecule has 0 bridgehead atoms. The highest BCUT2D eigenvalue weighted by atomic mass is 79.9. The Labute approximate surface area is 120 Å². The molecule has 2 nitrogen and oxygen atoms in total. The van der Waals surface area contributed by atoms with Crippen LogP contribution in [0.3, 0.4) is 0 Å². The maximum atomic E-state index is 4.65. The van der Waals surface area contributed by atoms with Crippen LogP contribution in [0.4, 0.5) is 0 Å². The summed E-state index contributed by atoms with van der Waals surface area (Å²) in [5.41, 5.74) is 3.99. The number of fused-ring (bicyclic) bond motifs is 3. The van der Waals surface area contributed by atoms with Crippen molar-refractivity contribution < 1.29 is 0 Å². The minimum atomic E-state index is 0.672. The van der Waals surface area contributed by atoms with Gasteiger partial charge in [0.15, 0.2) is 0 Å². The maximum Gasteiger partial charge on any atom is 0.0775 e. The summed E-state index contributed by atoms with van der Waals surface area (Å²) in [5.74, 6) is 0.672. The fourth-order valence-corrected chi connectivity index (χ4v) is 3.77. The van der Waals surface area contributed by atoms with Gasteiger partial charge in [0.1, 0.15) is 0 Å². The predicted molar refractivity (Wildman–Crippen MR) is 81.8 cm³/mol. The Balaban J connectivity index is 2.25. The fraction of sp³-hybridized carbons (Fsp3) is 0.312. The molecular weight excluding hydrogens is 300 g/mol. The van der Waals surface area contributed by atoms with Gasteiger partial charge in [-0.2, -0.15) is 5.10 Å². The van der Waals surface area contributed by atoms with E-state index in [1.807, 2.05) is 6.20 Å². The second kappa shape index (κ2) is 4.07. The molecule has 1 fully saturated rings. The van der Waals surface area contributed by atoms with Crippen molar-refractivity contribution in [2.24, 2.45) is 0 Å². The molecule has 3 heteroatoms. The molecule has 2 heterocycles. The highest BCUT2D eigenvalue weighted by Gasteiger charge is 2.30. The molecule has 0 spiro atoms. The van der Waals surface area contributed by atoms with Crippen molar-refractivity contribution in [2.75, 3.05) is 0 Å². The van der Waals surface area contributed by atoms with Crippen molar-refractivity contribution >= 4 is 32.2 Å². The van der Waals surface area contributed by atoms with Crippen molar-refractivity contribution in [3.63, 3.8) is 0 Å². The lowest BCUT2D eigenvalue weighted by atomic mass is 10.1. The first kappa shape index (κ1) is 11.5. The van der Waals surface area contributed by atoms with E-state index in [0.29, 0.717) is 5.92 Å². The van der Waals surface area contributed by atoms with Gasteiger partial charge >= 0.3 is 0 Å². The highest BCUT2D eigenvalue weighted by Crippen LogP contribution is 2.46. The van der Waals surface area contributed by atoms with E-state index in [1.54, 1.807) is 0 Å². The SMILES string of the molecule is CCc1cnn2c(C3CC3)c(Br)c3ccccc3c12. The molecule has 1 aliphatic carbocycles. The quantitative estimate of drug-likeness (QED) is 0.670. The molecule has 0 radical (unpaired) electrons. The topological polar surface area (TPSA) is 17.3 Å². The van der Waals surface area contributed by atoms with E-state index in [-0.39, 0.29) is 0 Å². The van der Waals surface area contributed by atoms with Gasteiger partial charge in [-0.3, -0.25) is 0 Å². The Hall–Kier alpha value is -1.35. The van der Waals surface area contributed by atoms with Gasteiger partial charge in [0.25, 0.3) is 0 Å². The van der Waals surface area contributed by atoms with Gasteiger partial charge in [-0.05, 0) is 46.1 Å². The minimum absolute atomic E-state index is 0.672. The smallest absolute Gasteiger partial charge is 0.0775 e. The molecule has 1 saturated carbocycles. The number of rotatable bonds is 2. The predicted octanol–water partition coefficient (Wildman–Crippen LogP) is 4.69. The van der Waals surface area contributed by atoms with E-state index in [9.17, 15) is 0 Å². The first-order chi connectivity index (χ1) is 9.31. The molecule has 0 N–H and O–H groups in total. The molecule has 4 rings (SSSR count). The van der Waals surface area contributed by atoms with Crippen LogP contribution in [0.5, 0.6) is 0 Å². The largest absolute Gasteiger partial charge is 0.235 e. The zero-order chi connectivity index (χ0) is 13.0. The Bertz CT molecular complexity index is 784. The summed E-state index contributed by atoms with van der Waals surface area (Å²) < 4.78 is 3.40. The fourth-order valence-electron chi connectivity index (χ4n) is 2.93. The highest BCUT2D eigenvalue weighted by molar-refractivity contribution is 9.10. The van der Waals surface area contributed by atoms with E-state index in [2.05, 4.69) is 56.7 Å². The minimum Gasteiger partial charge on any atom is -0.235 e. The lowest BCUT2D eigenvalue weighted by Gasteiger charge is -2.12. The first-order valence-electron chi connectivity index (χ1n) is 6.88. The zero-order valence-corrected chi connectivity index (χ0v) is 12.4. The van der Waals surface area contributed by atoms with Gasteiger partial charge in [-0.25, -0.2) is 4.52 Å². The van der Waals surface area contributed by atoms with Crippen LogP contribution in [0.2, 0.25) is 0 Å². The first-order valence-corrected chi connectivity index (χ1v) is 7.67. The standard InChI is InChI=1S/C16H15BrN2/c1-2-10-9-18-19-15(10)13-6-4-3-5-12(13)14(17)16(19)11-7-8-11/h3-6,9,11H,2,7-8H2,1H3. The van der Waals surface area contributed by atoms with Gasteiger partial charge in [0, 0.05) is 15.8 Å². The zero-order valence-electron chi connectivity index (χ0n) is 10.9. The van der Waals surface area contributed by atoms with Gasteiger partial charge in [-0.15, -0.1) is 0 Å². The van der Waals surface area contributed by atoms with Crippen LogP contribution in [0, 0.1) is 0 Å². The van der Waals surface area contributed by atoms with Gasteiger partial charge in [0.05, 0.1) is 17.4 Å². The van der Waals surface area contributed by atoms with Crippen molar-refractivity contribution in [1.29, 1.82) is 0 Å². The third kappa shape index (κ3) is 1.57. The maximum absolute atomic E-state index is 4.65. The van der Waals surface area contributed by atoms with E-state index in [1.165, 1.54) is 44.9 Å². The summed E-state index contributed by atoms with van der Waals surface area (Å²) in [6, 6.07) is 8.63. The average Bonchev–Trinajstić information content (AvgIpc) is 3.18. The third-order valence-corrected chi connectivity index (χ3v) is 4.90. The average molecular weight is 315 g/mol. The van der Waals surface area contributed by atoms with Crippen molar-refractivity contribution in [3.05, 3.63) is 46.2 Å². The molecule has 0 aliphatic heterocycles. The van der Waals surface area contributed by atoms with Crippen molar-refractivity contribution in [1.82, 2.24) is 9.61 Å². The molecule has 0 atom stereocenters. The number of hydrogen-bond donors (Lipinski definition) is 0. The summed E-state index contributed by atoms with van der Waals surface area (Å²) in [7, 11) is 0. The van der Waals surface area contributed by atoms with E-state index in [0.717, 1.165) is 6.42 Å². The number of halogens is 1. The third-order valence-electron chi connectivity index (χ3n) is 4.06. The molecule has 1 aromatic carbocycles. The van der Waals surface area contributed by atoms with Gasteiger partial charge in [0.2, 0.25) is 0 Å². The van der Waals surface area contributed by atoms with Crippen molar-refractivity contribution in [3.8, 4) is 0 Å². The summed E-state index contributed by atoms with van der Waals surface area (Å²) in [5, 5.41) is 7.26. The van der Waals surface area contributed by atoms with Gasteiger partial charge in [-0.1, -0.05) is 31.2 Å². The van der Waals surface area contributed by atoms with Crippen LogP contribution >= 0.6 is 15.9 Å². The Morgan fingerprint density at radius 2 is 2.00 bits per heavy atom. The molecule has 0 unspecified atom stereocenters. The molecule has 3 aromatic rings. The monoisotopic (exact) mass is 314 g/mol. The van der Waals surface area contributed by atoms with Crippen molar-refractivity contribution in [2.45, 2.75) is 32.1 Å². The number of benzene rings is 1. The second-order valence-electron chi connectivity index (χ2n) is 5.30. The van der Waals surface area contributed by atoms with Crippen LogP contribution in [0.25, 0.3) is 16.3 Å². The second-order valence-corrected chi connectivity index (χ2v) is 6.10. The summed E-state index contributed by atoms with van der Waals surface area (Å²) >= 11 is 3.81. The number of aryl methyl sites for hydroxylation is 1. The van der Waals surface area contributed by atoms with E-state index >= 15 is 0 Å². The molecular formula is C16H15BrN2. The van der Waals surface area contributed by atoms with Crippen LogP contribution in [0.15, 0.2) is 34.9 Å². The molecule has 2 aromatic heterocycles. The van der Waals surface area contributed by atoms with Crippen LogP contribution < -0.4 is 0 Å². The molecule has 0 amide bonds. The number of aromatic nitrogens is 2. The van der Waals surface area contributed by atoms with Crippen LogP contribution in [0.1, 0.15) is 36.9 Å². The molecule has 19 heavy (non-hydrogen) atoms. The summed E-state index contributed by atoms with van der Waals surface area (Å²) in [4.78, 5) is 0. The number of hydrogen-bond acceptors (Lipinski definition) is 1. The molecule has 96 valence electrons. The summed E-state index contributed by atoms with van der Waals surface area (Å²) in [6.07, 6.45) is 5.63. The summed E-state index contributed by atoms with van der Waals surface area (Å²) in [6.45, 7) is 2.20. The van der Waals surface area contributed by atoms with E-state index in [4.69, 9.17) is 0 Å². The number of pyridine rings is 1. The van der Waals surface area contributed by atoms with Crippen LogP contribution in [-0.4, -0.2) is 9.61 Å².